The van der Waals surface area contributed by atoms with Crippen molar-refractivity contribution in [1.29, 1.82) is 0 Å². The first-order valence-electron chi connectivity index (χ1n) is 5.92. The van der Waals surface area contributed by atoms with Crippen LogP contribution in [0.1, 0.15) is 11.1 Å². The number of rotatable bonds is 3. The fourth-order valence-corrected chi connectivity index (χ4v) is 3.37. The van der Waals surface area contributed by atoms with Gasteiger partial charge >= 0.3 is 0 Å². The monoisotopic (exact) mass is 287 g/mol. The van der Waals surface area contributed by atoms with Crippen molar-refractivity contribution in [2.24, 2.45) is 0 Å². The summed E-state index contributed by atoms with van der Waals surface area (Å²) >= 11 is 3.33. The summed E-state index contributed by atoms with van der Waals surface area (Å²) in [6.45, 7) is 4.13. The Labute approximate surface area is 120 Å². The van der Waals surface area contributed by atoms with Crippen LogP contribution in [0.2, 0.25) is 0 Å². The minimum atomic E-state index is 0.866. The molecule has 1 N–H and O–H groups in total. The highest BCUT2D eigenvalue weighted by molar-refractivity contribution is 7.16. The summed E-state index contributed by atoms with van der Waals surface area (Å²) in [7, 11) is 0. The highest BCUT2D eigenvalue weighted by Gasteiger charge is 2.07. The van der Waals surface area contributed by atoms with Crippen molar-refractivity contribution in [3.63, 3.8) is 0 Å². The smallest absolute Gasteiger partial charge is 0.188 e. The Hall–Kier alpha value is -1.72. The predicted molar refractivity (Wildman–Crippen MR) is 82.4 cm³/mol. The van der Waals surface area contributed by atoms with Gasteiger partial charge in [0.25, 0.3) is 0 Å². The molecule has 0 saturated carbocycles. The molecule has 3 heterocycles. The maximum absolute atomic E-state index is 4.61. The highest BCUT2D eigenvalue weighted by Crippen LogP contribution is 2.31. The molecular weight excluding hydrogens is 274 g/mol. The van der Waals surface area contributed by atoms with Gasteiger partial charge in [0.1, 0.15) is 5.82 Å². The summed E-state index contributed by atoms with van der Waals surface area (Å²) in [6.07, 6.45) is 1.78. The number of nitrogens with one attached hydrogen (secondary N) is 1. The number of thiophene rings is 1. The van der Waals surface area contributed by atoms with Gasteiger partial charge in [-0.2, -0.15) is 0 Å². The van der Waals surface area contributed by atoms with Gasteiger partial charge in [-0.05, 0) is 42.5 Å². The minimum absolute atomic E-state index is 0.866. The number of hydrogen-bond acceptors (Lipinski definition) is 5. The fraction of sp³-hybridized carbons (Fsp3) is 0.143. The predicted octanol–water partition coefficient (Wildman–Crippen LogP) is 4.63. The first-order valence-corrected chi connectivity index (χ1v) is 7.68. The van der Waals surface area contributed by atoms with Crippen LogP contribution in [0.15, 0.2) is 35.2 Å². The largest absolute Gasteiger partial charge is 0.316 e. The van der Waals surface area contributed by atoms with E-state index in [0.29, 0.717) is 0 Å². The molecule has 0 fully saturated rings. The van der Waals surface area contributed by atoms with Crippen LogP contribution in [0.3, 0.4) is 0 Å². The number of pyridine rings is 1. The molecule has 19 heavy (non-hydrogen) atoms. The van der Waals surface area contributed by atoms with Gasteiger partial charge < -0.3 is 5.32 Å². The van der Waals surface area contributed by atoms with E-state index >= 15 is 0 Å². The van der Waals surface area contributed by atoms with E-state index < -0.39 is 0 Å². The van der Waals surface area contributed by atoms with Gasteiger partial charge in [-0.1, -0.05) is 6.07 Å². The van der Waals surface area contributed by atoms with Crippen LogP contribution in [0.25, 0.3) is 10.6 Å². The molecular formula is C14H13N3S2. The Bertz CT molecular complexity index is 700. The highest BCUT2D eigenvalue weighted by atomic mass is 32.1. The van der Waals surface area contributed by atoms with Crippen molar-refractivity contribution in [3.8, 4) is 10.6 Å². The maximum atomic E-state index is 4.61. The zero-order valence-electron chi connectivity index (χ0n) is 10.7. The number of aryl methyl sites for hydroxylation is 2. The summed E-state index contributed by atoms with van der Waals surface area (Å²) in [5, 5.41) is 8.37. The normalized spacial score (nSPS) is 10.6. The van der Waals surface area contributed by atoms with Crippen LogP contribution in [0.5, 0.6) is 0 Å². The van der Waals surface area contributed by atoms with Crippen molar-refractivity contribution in [2.45, 2.75) is 13.8 Å². The van der Waals surface area contributed by atoms with Crippen molar-refractivity contribution in [3.05, 3.63) is 46.3 Å². The third-order valence-corrected chi connectivity index (χ3v) is 4.55. The van der Waals surface area contributed by atoms with E-state index in [4.69, 9.17) is 0 Å². The molecule has 3 rings (SSSR count). The summed E-state index contributed by atoms with van der Waals surface area (Å²) in [4.78, 5) is 10.1. The van der Waals surface area contributed by atoms with E-state index in [9.17, 15) is 0 Å². The van der Waals surface area contributed by atoms with Crippen molar-refractivity contribution in [2.75, 3.05) is 5.32 Å². The van der Waals surface area contributed by atoms with Gasteiger partial charge in [-0.3, -0.25) is 0 Å². The molecule has 0 amide bonds. The Morgan fingerprint density at radius 1 is 1.16 bits per heavy atom. The number of aromatic nitrogens is 2. The second-order valence-electron chi connectivity index (χ2n) is 4.32. The molecule has 0 radical (unpaired) electrons. The van der Waals surface area contributed by atoms with Crippen LogP contribution in [0, 0.1) is 13.8 Å². The number of nitrogens with zero attached hydrogens (tertiary/aromatic N) is 2. The van der Waals surface area contributed by atoms with E-state index in [1.165, 1.54) is 10.4 Å². The third-order valence-electron chi connectivity index (χ3n) is 2.72. The lowest BCUT2D eigenvalue weighted by Crippen LogP contribution is -1.94. The summed E-state index contributed by atoms with van der Waals surface area (Å²) in [5.41, 5.74) is 3.42. The lowest BCUT2D eigenvalue weighted by Gasteiger charge is -2.03. The topological polar surface area (TPSA) is 37.8 Å². The van der Waals surface area contributed by atoms with Gasteiger partial charge in [0.2, 0.25) is 0 Å². The van der Waals surface area contributed by atoms with E-state index in [-0.39, 0.29) is 0 Å². The standard InChI is InChI=1S/C14H13N3S2/c1-9-6-12(18-7-9)11-8-19-14(16-11)17-13-10(2)4-3-5-15-13/h3-8H,1-2H3,(H,15,16,17). The summed E-state index contributed by atoms with van der Waals surface area (Å²) in [5.74, 6) is 0.866. The van der Waals surface area contributed by atoms with E-state index in [1.54, 1.807) is 28.9 Å². The molecule has 0 spiro atoms. The van der Waals surface area contributed by atoms with Gasteiger partial charge in [-0.25, -0.2) is 9.97 Å². The summed E-state index contributed by atoms with van der Waals surface area (Å²) < 4.78 is 0. The van der Waals surface area contributed by atoms with E-state index in [1.807, 2.05) is 19.1 Å². The van der Waals surface area contributed by atoms with Gasteiger partial charge in [0.05, 0.1) is 10.6 Å². The Morgan fingerprint density at radius 3 is 2.79 bits per heavy atom. The first-order chi connectivity index (χ1) is 9.22. The lowest BCUT2D eigenvalue weighted by atomic mass is 10.3. The Kier molecular flexibility index (Phi) is 3.31. The molecule has 0 aliphatic rings. The minimum Gasteiger partial charge on any atom is -0.316 e. The van der Waals surface area contributed by atoms with Crippen LogP contribution < -0.4 is 5.32 Å². The van der Waals surface area contributed by atoms with Crippen LogP contribution in [-0.4, -0.2) is 9.97 Å². The quantitative estimate of drug-likeness (QED) is 0.763. The van der Waals surface area contributed by atoms with Crippen LogP contribution >= 0.6 is 22.7 Å². The van der Waals surface area contributed by atoms with Gasteiger partial charge in [0.15, 0.2) is 5.13 Å². The zero-order valence-corrected chi connectivity index (χ0v) is 12.3. The molecule has 3 aromatic heterocycles. The molecule has 0 aliphatic carbocycles. The third kappa shape index (κ3) is 2.67. The number of anilines is 2. The average molecular weight is 287 g/mol. The van der Waals surface area contributed by atoms with Crippen molar-refractivity contribution >= 4 is 33.6 Å². The van der Waals surface area contributed by atoms with E-state index in [0.717, 1.165) is 22.2 Å². The van der Waals surface area contributed by atoms with Crippen LogP contribution in [0.4, 0.5) is 10.9 Å². The molecule has 0 bridgehead atoms. The average Bonchev–Trinajstić information content (AvgIpc) is 3.01. The molecule has 0 aliphatic heterocycles. The molecule has 0 atom stereocenters. The molecule has 0 unspecified atom stereocenters. The molecule has 0 aromatic carbocycles. The van der Waals surface area contributed by atoms with Crippen LogP contribution in [-0.2, 0) is 0 Å². The number of hydrogen-bond donors (Lipinski definition) is 1. The Balaban J connectivity index is 1.84. The summed E-state index contributed by atoms with van der Waals surface area (Å²) in [6, 6.07) is 6.13. The molecule has 96 valence electrons. The van der Waals surface area contributed by atoms with Crippen molar-refractivity contribution < 1.29 is 0 Å². The Morgan fingerprint density at radius 2 is 2.05 bits per heavy atom. The number of thiazole rings is 1. The molecule has 3 aromatic rings. The van der Waals surface area contributed by atoms with Crippen molar-refractivity contribution in [1.82, 2.24) is 9.97 Å². The second-order valence-corrected chi connectivity index (χ2v) is 6.09. The SMILES string of the molecule is Cc1csc(-c2csc(Nc3ncccc3C)n2)c1. The molecule has 3 nitrogen and oxygen atoms in total. The van der Waals surface area contributed by atoms with Gasteiger partial charge in [0, 0.05) is 11.6 Å². The zero-order chi connectivity index (χ0) is 13.2. The molecule has 0 saturated heterocycles. The van der Waals surface area contributed by atoms with E-state index in [2.05, 4.69) is 39.0 Å². The van der Waals surface area contributed by atoms with Gasteiger partial charge in [-0.15, -0.1) is 22.7 Å². The lowest BCUT2D eigenvalue weighted by molar-refractivity contribution is 1.24. The molecule has 5 heteroatoms. The first kappa shape index (κ1) is 12.3. The fourth-order valence-electron chi connectivity index (χ4n) is 1.73. The second kappa shape index (κ2) is 5.11. The maximum Gasteiger partial charge on any atom is 0.188 e.